The van der Waals surface area contributed by atoms with Crippen LogP contribution < -0.4 is 9.80 Å². The molecule has 0 atom stereocenters. The third kappa shape index (κ3) is 2.45. The van der Waals surface area contributed by atoms with Gasteiger partial charge in [0.25, 0.3) is 0 Å². The lowest BCUT2D eigenvalue weighted by atomic mass is 10.2. The van der Waals surface area contributed by atoms with Crippen molar-refractivity contribution >= 4 is 11.5 Å². The van der Waals surface area contributed by atoms with Gasteiger partial charge in [0.05, 0.1) is 5.69 Å². The van der Waals surface area contributed by atoms with Crippen molar-refractivity contribution in [3.8, 4) is 6.07 Å². The Hall–Kier alpha value is -2.48. The predicted molar refractivity (Wildman–Crippen MR) is 83.5 cm³/mol. The van der Waals surface area contributed by atoms with Crippen LogP contribution in [0.1, 0.15) is 11.3 Å². The first-order chi connectivity index (χ1) is 10.2. The van der Waals surface area contributed by atoms with Gasteiger partial charge < -0.3 is 9.80 Å². The molecule has 1 aromatic heterocycles. The van der Waals surface area contributed by atoms with Crippen LogP contribution in [-0.4, -0.2) is 36.0 Å². The molecule has 0 radical (unpaired) electrons. The highest BCUT2D eigenvalue weighted by Gasteiger charge is 2.23. The summed E-state index contributed by atoms with van der Waals surface area (Å²) in [5.74, 6) is 0.947. The topological polar surface area (TPSA) is 48.1 Å². The third-order valence-electron chi connectivity index (χ3n) is 4.00. The number of hydrogen-bond acceptors (Lipinski definition) is 4. The first-order valence-corrected chi connectivity index (χ1v) is 7.19. The van der Waals surface area contributed by atoms with Gasteiger partial charge in [-0.25, -0.2) is 0 Å². The smallest absolute Gasteiger partial charge is 0.145 e. The van der Waals surface area contributed by atoms with Gasteiger partial charge in [0.15, 0.2) is 0 Å². The van der Waals surface area contributed by atoms with E-state index in [0.717, 1.165) is 37.7 Å². The average molecular weight is 281 g/mol. The van der Waals surface area contributed by atoms with Gasteiger partial charge in [-0.2, -0.15) is 10.4 Å². The number of benzene rings is 1. The summed E-state index contributed by atoms with van der Waals surface area (Å²) in [6.07, 6.45) is 0. The van der Waals surface area contributed by atoms with Gasteiger partial charge in [-0.15, -0.1) is 0 Å². The molecule has 0 N–H and O–H groups in total. The summed E-state index contributed by atoms with van der Waals surface area (Å²) < 4.78 is 1.83. The number of piperazine rings is 1. The van der Waals surface area contributed by atoms with Crippen LogP contribution in [0, 0.1) is 18.3 Å². The molecule has 108 valence electrons. The fourth-order valence-corrected chi connectivity index (χ4v) is 2.95. The second kappa shape index (κ2) is 5.49. The summed E-state index contributed by atoms with van der Waals surface area (Å²) in [4.78, 5) is 4.64. The molecule has 2 heterocycles. The van der Waals surface area contributed by atoms with Crippen LogP contribution in [0.3, 0.4) is 0 Å². The number of anilines is 2. The van der Waals surface area contributed by atoms with Crippen LogP contribution in [-0.2, 0) is 7.05 Å². The molecular weight excluding hydrogens is 262 g/mol. The molecule has 3 rings (SSSR count). The number of para-hydroxylation sites is 1. The second-order valence-corrected chi connectivity index (χ2v) is 5.33. The lowest BCUT2D eigenvalue weighted by Crippen LogP contribution is -2.47. The van der Waals surface area contributed by atoms with E-state index in [1.165, 1.54) is 5.69 Å². The molecule has 0 aliphatic carbocycles. The van der Waals surface area contributed by atoms with E-state index < -0.39 is 0 Å². The monoisotopic (exact) mass is 281 g/mol. The molecule has 1 aliphatic heterocycles. The third-order valence-corrected chi connectivity index (χ3v) is 4.00. The fraction of sp³-hybridized carbons (Fsp3) is 0.375. The maximum Gasteiger partial charge on any atom is 0.145 e. The highest BCUT2D eigenvalue weighted by atomic mass is 15.4. The first-order valence-electron chi connectivity index (χ1n) is 7.19. The van der Waals surface area contributed by atoms with Gasteiger partial charge in [-0.1, -0.05) is 18.2 Å². The standard InChI is InChI=1S/C16H19N5/c1-13-15(12-17)16(19(2)18-13)21-10-8-20(9-11-21)14-6-4-3-5-7-14/h3-7H,8-11H2,1-2H3. The van der Waals surface area contributed by atoms with Crippen LogP contribution >= 0.6 is 0 Å². The minimum atomic E-state index is 0.700. The Morgan fingerprint density at radius 3 is 2.29 bits per heavy atom. The van der Waals surface area contributed by atoms with E-state index in [9.17, 15) is 5.26 Å². The maximum atomic E-state index is 9.33. The molecule has 0 spiro atoms. The lowest BCUT2D eigenvalue weighted by molar-refractivity contribution is 0.623. The Morgan fingerprint density at radius 1 is 1.05 bits per heavy atom. The summed E-state index contributed by atoms with van der Waals surface area (Å²) in [6, 6.07) is 12.8. The van der Waals surface area contributed by atoms with Crippen molar-refractivity contribution in [1.29, 1.82) is 5.26 Å². The predicted octanol–water partition coefficient (Wildman–Crippen LogP) is 1.93. The SMILES string of the molecule is Cc1nn(C)c(N2CCN(c3ccccc3)CC2)c1C#N. The van der Waals surface area contributed by atoms with E-state index in [0.29, 0.717) is 5.56 Å². The number of aryl methyl sites for hydroxylation is 2. The average Bonchev–Trinajstić information content (AvgIpc) is 2.82. The van der Waals surface area contributed by atoms with Crippen molar-refractivity contribution in [3.63, 3.8) is 0 Å². The zero-order valence-corrected chi connectivity index (χ0v) is 12.5. The van der Waals surface area contributed by atoms with Gasteiger partial charge in [0, 0.05) is 38.9 Å². The molecule has 5 heteroatoms. The van der Waals surface area contributed by atoms with Gasteiger partial charge in [-0.05, 0) is 19.1 Å². The van der Waals surface area contributed by atoms with Crippen molar-refractivity contribution in [1.82, 2.24) is 9.78 Å². The van der Waals surface area contributed by atoms with Gasteiger partial charge in [0.2, 0.25) is 0 Å². The Morgan fingerprint density at radius 2 is 1.67 bits per heavy atom. The van der Waals surface area contributed by atoms with Crippen LogP contribution in [0.5, 0.6) is 0 Å². The van der Waals surface area contributed by atoms with E-state index >= 15 is 0 Å². The minimum absolute atomic E-state index is 0.700. The number of nitrogens with zero attached hydrogens (tertiary/aromatic N) is 5. The lowest BCUT2D eigenvalue weighted by Gasteiger charge is -2.37. The maximum absolute atomic E-state index is 9.33. The van der Waals surface area contributed by atoms with E-state index in [4.69, 9.17) is 0 Å². The van der Waals surface area contributed by atoms with Gasteiger partial charge in [-0.3, -0.25) is 4.68 Å². The van der Waals surface area contributed by atoms with Crippen LogP contribution in [0.15, 0.2) is 30.3 Å². The van der Waals surface area contributed by atoms with E-state index in [-0.39, 0.29) is 0 Å². The summed E-state index contributed by atoms with van der Waals surface area (Å²) in [7, 11) is 1.91. The molecule has 21 heavy (non-hydrogen) atoms. The van der Waals surface area contributed by atoms with E-state index in [1.807, 2.05) is 24.7 Å². The van der Waals surface area contributed by atoms with E-state index in [2.05, 4.69) is 45.2 Å². The van der Waals surface area contributed by atoms with Crippen molar-refractivity contribution in [2.45, 2.75) is 6.92 Å². The highest BCUT2D eigenvalue weighted by molar-refractivity contribution is 5.58. The summed E-state index contributed by atoms with van der Waals surface area (Å²) in [5, 5.41) is 13.7. The highest BCUT2D eigenvalue weighted by Crippen LogP contribution is 2.24. The van der Waals surface area contributed by atoms with Crippen molar-refractivity contribution in [2.75, 3.05) is 36.0 Å². The molecule has 0 saturated carbocycles. The Balaban J connectivity index is 1.76. The summed E-state index contributed by atoms with van der Waals surface area (Å²) in [5.41, 5.74) is 2.77. The van der Waals surface area contributed by atoms with Crippen molar-refractivity contribution in [3.05, 3.63) is 41.6 Å². The van der Waals surface area contributed by atoms with Gasteiger partial charge in [0.1, 0.15) is 17.5 Å². The summed E-state index contributed by atoms with van der Waals surface area (Å²) in [6.45, 7) is 5.62. The summed E-state index contributed by atoms with van der Waals surface area (Å²) >= 11 is 0. The van der Waals surface area contributed by atoms with Crippen molar-refractivity contribution in [2.24, 2.45) is 7.05 Å². The molecule has 1 fully saturated rings. The zero-order chi connectivity index (χ0) is 14.8. The van der Waals surface area contributed by atoms with E-state index in [1.54, 1.807) is 0 Å². The first kappa shape index (κ1) is 13.5. The quantitative estimate of drug-likeness (QED) is 0.844. The molecule has 1 saturated heterocycles. The fourth-order valence-electron chi connectivity index (χ4n) is 2.95. The molecule has 0 bridgehead atoms. The molecule has 2 aromatic rings. The normalized spacial score (nSPS) is 15.1. The van der Waals surface area contributed by atoms with Crippen LogP contribution in [0.25, 0.3) is 0 Å². The minimum Gasteiger partial charge on any atom is -0.368 e. The van der Waals surface area contributed by atoms with Crippen LogP contribution in [0.2, 0.25) is 0 Å². The largest absolute Gasteiger partial charge is 0.368 e. The molecule has 1 aromatic carbocycles. The molecule has 5 nitrogen and oxygen atoms in total. The van der Waals surface area contributed by atoms with Crippen molar-refractivity contribution < 1.29 is 0 Å². The number of rotatable bonds is 2. The molecule has 0 unspecified atom stereocenters. The molecular formula is C16H19N5. The van der Waals surface area contributed by atoms with Crippen LogP contribution in [0.4, 0.5) is 11.5 Å². The second-order valence-electron chi connectivity index (χ2n) is 5.33. The number of aromatic nitrogens is 2. The van der Waals surface area contributed by atoms with Gasteiger partial charge >= 0.3 is 0 Å². The Bertz CT molecular complexity index is 660. The number of nitriles is 1. The number of hydrogen-bond donors (Lipinski definition) is 0. The molecule has 0 amide bonds. The Kier molecular flexibility index (Phi) is 3.53. The zero-order valence-electron chi connectivity index (χ0n) is 12.5. The molecule has 1 aliphatic rings. The Labute approximate surface area is 125 Å².